The summed E-state index contributed by atoms with van der Waals surface area (Å²) in [7, 11) is -3.87. The fourth-order valence-electron chi connectivity index (χ4n) is 2.48. The topological polar surface area (TPSA) is 93.1 Å². The fraction of sp³-hybridized carbons (Fsp3) is 0.111. The van der Waals surface area contributed by atoms with Crippen molar-refractivity contribution >= 4 is 66.6 Å². The van der Waals surface area contributed by atoms with E-state index in [1.54, 1.807) is 29.1 Å². The molecule has 0 saturated carbocycles. The molecule has 3 rings (SSSR count). The highest BCUT2D eigenvalue weighted by molar-refractivity contribution is 9.10. The van der Waals surface area contributed by atoms with Crippen LogP contribution in [0.25, 0.3) is 0 Å². The highest BCUT2D eigenvalue weighted by Gasteiger charge is 2.18. The van der Waals surface area contributed by atoms with Crippen molar-refractivity contribution in [1.82, 2.24) is 9.78 Å². The molecule has 3 aromatic rings. The molecule has 0 spiro atoms. The fourth-order valence-corrected chi connectivity index (χ4v) is 4.51. The predicted molar refractivity (Wildman–Crippen MR) is 117 cm³/mol. The molecule has 0 atom stereocenters. The number of anilines is 2. The van der Waals surface area contributed by atoms with Gasteiger partial charge in [0.15, 0.2) is 5.82 Å². The van der Waals surface area contributed by atoms with Crippen LogP contribution in [-0.2, 0) is 21.4 Å². The van der Waals surface area contributed by atoms with E-state index in [4.69, 9.17) is 23.2 Å². The van der Waals surface area contributed by atoms with Crippen molar-refractivity contribution in [2.75, 3.05) is 10.0 Å². The summed E-state index contributed by atoms with van der Waals surface area (Å²) in [5, 5.41) is 7.86. The van der Waals surface area contributed by atoms with Crippen molar-refractivity contribution in [3.8, 4) is 0 Å². The van der Waals surface area contributed by atoms with Crippen molar-refractivity contribution in [1.29, 1.82) is 0 Å². The molecule has 0 aliphatic heterocycles. The van der Waals surface area contributed by atoms with Gasteiger partial charge < -0.3 is 5.32 Å². The number of benzene rings is 2. The number of sulfonamides is 1. The minimum atomic E-state index is -3.87. The van der Waals surface area contributed by atoms with Gasteiger partial charge in [-0.2, -0.15) is 5.10 Å². The smallest absolute Gasteiger partial charge is 0.263 e. The molecule has 29 heavy (non-hydrogen) atoms. The van der Waals surface area contributed by atoms with E-state index in [0.29, 0.717) is 26.8 Å². The molecule has 0 bridgehead atoms. The van der Waals surface area contributed by atoms with E-state index < -0.39 is 10.0 Å². The third kappa shape index (κ3) is 5.51. The molecular formula is C18H15BrCl2N4O3S. The summed E-state index contributed by atoms with van der Waals surface area (Å²) in [5.74, 6) is -0.102. The molecule has 1 amide bonds. The Morgan fingerprint density at radius 3 is 2.48 bits per heavy atom. The van der Waals surface area contributed by atoms with E-state index in [1.165, 1.54) is 31.2 Å². The van der Waals surface area contributed by atoms with Crippen LogP contribution in [0.4, 0.5) is 11.5 Å². The van der Waals surface area contributed by atoms with E-state index >= 15 is 0 Å². The summed E-state index contributed by atoms with van der Waals surface area (Å²) in [6, 6.07) is 10.9. The van der Waals surface area contributed by atoms with Crippen LogP contribution >= 0.6 is 39.1 Å². The third-order valence-electron chi connectivity index (χ3n) is 3.78. The molecule has 11 heteroatoms. The number of carbonyl (C=O) groups excluding carboxylic acids is 1. The molecule has 0 saturated heterocycles. The van der Waals surface area contributed by atoms with Gasteiger partial charge >= 0.3 is 0 Å². The number of halogens is 3. The summed E-state index contributed by atoms with van der Waals surface area (Å²) in [5.41, 5.74) is 1.29. The maximum Gasteiger partial charge on any atom is 0.263 e. The minimum Gasteiger partial charge on any atom is -0.326 e. The second kappa shape index (κ2) is 8.74. The van der Waals surface area contributed by atoms with Crippen LogP contribution in [0.15, 0.2) is 58.0 Å². The first-order valence-corrected chi connectivity index (χ1v) is 11.2. The van der Waals surface area contributed by atoms with Crippen LogP contribution in [0, 0.1) is 0 Å². The highest BCUT2D eigenvalue weighted by atomic mass is 79.9. The summed E-state index contributed by atoms with van der Waals surface area (Å²) < 4.78 is 29.8. The predicted octanol–water partition coefficient (Wildman–Crippen LogP) is 4.76. The SMILES string of the molecule is CC(=O)Nc1ccc(S(=O)(=O)Nc2nn(Cc3ccc(Cl)cc3Cl)cc2Br)cc1. The van der Waals surface area contributed by atoms with Crippen molar-refractivity contribution in [2.45, 2.75) is 18.4 Å². The summed E-state index contributed by atoms with van der Waals surface area (Å²) >= 11 is 15.4. The quantitative estimate of drug-likeness (QED) is 0.493. The highest BCUT2D eigenvalue weighted by Crippen LogP contribution is 2.26. The number of nitrogens with one attached hydrogen (secondary N) is 2. The summed E-state index contributed by atoms with van der Waals surface area (Å²) in [6.07, 6.45) is 1.64. The Hall–Kier alpha value is -2.07. The van der Waals surface area contributed by atoms with Gasteiger partial charge in [0.25, 0.3) is 10.0 Å². The van der Waals surface area contributed by atoms with Crippen molar-refractivity contribution in [3.63, 3.8) is 0 Å². The van der Waals surface area contributed by atoms with E-state index in [1.807, 2.05) is 0 Å². The molecule has 0 aliphatic carbocycles. The largest absolute Gasteiger partial charge is 0.326 e. The van der Waals surface area contributed by atoms with Gasteiger partial charge in [0.1, 0.15) is 0 Å². The van der Waals surface area contributed by atoms with Gasteiger partial charge in [-0.3, -0.25) is 14.2 Å². The second-order valence-electron chi connectivity index (χ2n) is 6.07. The van der Waals surface area contributed by atoms with E-state index in [0.717, 1.165) is 5.56 Å². The molecule has 2 N–H and O–H groups in total. The minimum absolute atomic E-state index is 0.0359. The molecular weight excluding hydrogens is 503 g/mol. The number of hydrogen-bond donors (Lipinski definition) is 2. The molecule has 152 valence electrons. The van der Waals surface area contributed by atoms with Crippen LogP contribution < -0.4 is 10.0 Å². The van der Waals surface area contributed by atoms with Crippen LogP contribution in [0.3, 0.4) is 0 Å². The molecule has 0 radical (unpaired) electrons. The summed E-state index contributed by atoms with van der Waals surface area (Å²) in [4.78, 5) is 11.1. The van der Waals surface area contributed by atoms with Crippen LogP contribution in [0.5, 0.6) is 0 Å². The Kier molecular flexibility index (Phi) is 6.52. The number of carbonyl (C=O) groups is 1. The lowest BCUT2D eigenvalue weighted by Gasteiger charge is -2.08. The standard InChI is InChI=1S/C18H15BrCl2N4O3S/c1-11(26)22-14-4-6-15(7-5-14)29(27,28)24-18-16(19)10-25(23-18)9-12-2-3-13(20)8-17(12)21/h2-8,10H,9H2,1H3,(H,22,26)(H,23,24). The van der Waals surface area contributed by atoms with Crippen LogP contribution in [-0.4, -0.2) is 24.1 Å². The number of amides is 1. The Morgan fingerprint density at radius 2 is 1.86 bits per heavy atom. The zero-order chi connectivity index (χ0) is 21.2. The molecule has 1 aromatic heterocycles. The van der Waals surface area contributed by atoms with Crippen molar-refractivity contribution < 1.29 is 13.2 Å². The van der Waals surface area contributed by atoms with Gasteiger partial charge in [-0.05, 0) is 57.9 Å². The molecule has 0 unspecified atom stereocenters. The Labute approximate surface area is 186 Å². The number of aromatic nitrogens is 2. The third-order valence-corrected chi connectivity index (χ3v) is 6.30. The van der Waals surface area contributed by atoms with Crippen molar-refractivity contribution in [3.05, 3.63) is 68.7 Å². The number of nitrogens with zero attached hydrogens (tertiary/aromatic N) is 2. The lowest BCUT2D eigenvalue weighted by molar-refractivity contribution is -0.114. The number of hydrogen-bond acceptors (Lipinski definition) is 4. The molecule has 2 aromatic carbocycles. The Bertz CT molecular complexity index is 1160. The van der Waals surface area contributed by atoms with Gasteiger partial charge in [0.2, 0.25) is 5.91 Å². The average molecular weight is 518 g/mol. The monoisotopic (exact) mass is 516 g/mol. The Morgan fingerprint density at radius 1 is 1.17 bits per heavy atom. The van der Waals surface area contributed by atoms with Gasteiger partial charge in [-0.1, -0.05) is 29.3 Å². The lowest BCUT2D eigenvalue weighted by Crippen LogP contribution is -2.14. The van der Waals surface area contributed by atoms with E-state index in [-0.39, 0.29) is 16.6 Å². The summed E-state index contributed by atoms with van der Waals surface area (Å²) in [6.45, 7) is 1.71. The van der Waals surface area contributed by atoms with Crippen LogP contribution in [0.2, 0.25) is 10.0 Å². The zero-order valence-electron chi connectivity index (χ0n) is 15.0. The van der Waals surface area contributed by atoms with Crippen molar-refractivity contribution in [2.24, 2.45) is 0 Å². The maximum atomic E-state index is 12.6. The second-order valence-corrected chi connectivity index (χ2v) is 9.45. The Balaban J connectivity index is 1.78. The zero-order valence-corrected chi connectivity index (χ0v) is 18.9. The molecule has 7 nitrogen and oxygen atoms in total. The molecule has 1 heterocycles. The average Bonchev–Trinajstić information content (AvgIpc) is 2.96. The maximum absolute atomic E-state index is 12.6. The first-order chi connectivity index (χ1) is 13.6. The number of rotatable bonds is 6. The van der Waals surface area contributed by atoms with Gasteiger partial charge in [0, 0.05) is 28.9 Å². The van der Waals surface area contributed by atoms with E-state index in [2.05, 4.69) is 31.1 Å². The molecule has 0 fully saturated rings. The normalized spacial score (nSPS) is 11.3. The first kappa shape index (κ1) is 21.6. The van der Waals surface area contributed by atoms with Gasteiger partial charge in [0.05, 0.1) is 15.9 Å². The first-order valence-electron chi connectivity index (χ1n) is 8.21. The van der Waals surface area contributed by atoms with Crippen LogP contribution in [0.1, 0.15) is 12.5 Å². The molecule has 0 aliphatic rings. The van der Waals surface area contributed by atoms with Gasteiger partial charge in [-0.25, -0.2) is 8.42 Å². The van der Waals surface area contributed by atoms with Gasteiger partial charge in [-0.15, -0.1) is 0 Å². The van der Waals surface area contributed by atoms with E-state index in [9.17, 15) is 13.2 Å². The lowest BCUT2D eigenvalue weighted by atomic mass is 10.2.